The monoisotopic (exact) mass is 243 g/mol. The number of hydrogen-bond acceptors (Lipinski definition) is 4. The zero-order valence-electron chi connectivity index (χ0n) is 10.4. The van der Waals surface area contributed by atoms with Crippen LogP contribution < -0.4 is 4.90 Å². The highest BCUT2D eigenvalue weighted by atomic mass is 15.3. The SMILES string of the molecule is c1cnn(Cc2cnc(N3CCCCC3)nc2)c1. The van der Waals surface area contributed by atoms with E-state index in [-0.39, 0.29) is 0 Å². The zero-order valence-corrected chi connectivity index (χ0v) is 10.4. The third-order valence-corrected chi connectivity index (χ3v) is 3.23. The minimum Gasteiger partial charge on any atom is -0.341 e. The number of anilines is 1. The van der Waals surface area contributed by atoms with Crippen LogP contribution in [0.5, 0.6) is 0 Å². The van der Waals surface area contributed by atoms with Crippen LogP contribution in [0.1, 0.15) is 24.8 Å². The van der Waals surface area contributed by atoms with E-state index in [1.807, 2.05) is 29.3 Å². The van der Waals surface area contributed by atoms with Crippen LogP contribution in [0.15, 0.2) is 30.9 Å². The molecule has 0 unspecified atom stereocenters. The van der Waals surface area contributed by atoms with Gasteiger partial charge in [-0.1, -0.05) is 0 Å². The molecule has 0 aromatic carbocycles. The molecule has 5 heteroatoms. The summed E-state index contributed by atoms with van der Waals surface area (Å²) < 4.78 is 1.87. The van der Waals surface area contributed by atoms with Crippen LogP contribution in [0.4, 0.5) is 5.95 Å². The Morgan fingerprint density at radius 2 is 1.83 bits per heavy atom. The van der Waals surface area contributed by atoms with E-state index in [4.69, 9.17) is 0 Å². The van der Waals surface area contributed by atoms with Gasteiger partial charge in [-0.2, -0.15) is 5.10 Å². The Labute approximate surface area is 106 Å². The van der Waals surface area contributed by atoms with Crippen LogP contribution in [-0.2, 0) is 6.54 Å². The maximum Gasteiger partial charge on any atom is 0.225 e. The van der Waals surface area contributed by atoms with Crippen molar-refractivity contribution in [3.63, 3.8) is 0 Å². The molecule has 0 N–H and O–H groups in total. The van der Waals surface area contributed by atoms with Gasteiger partial charge in [0, 0.05) is 43.4 Å². The Morgan fingerprint density at radius 1 is 1.06 bits per heavy atom. The van der Waals surface area contributed by atoms with Gasteiger partial charge in [-0.05, 0) is 25.3 Å². The van der Waals surface area contributed by atoms with Crippen molar-refractivity contribution in [2.75, 3.05) is 18.0 Å². The second kappa shape index (κ2) is 5.16. The van der Waals surface area contributed by atoms with E-state index in [0.717, 1.165) is 31.1 Å². The van der Waals surface area contributed by atoms with Gasteiger partial charge < -0.3 is 4.90 Å². The maximum absolute atomic E-state index is 4.46. The third-order valence-electron chi connectivity index (χ3n) is 3.23. The summed E-state index contributed by atoms with van der Waals surface area (Å²) in [7, 11) is 0. The Balaban J connectivity index is 1.68. The molecule has 0 atom stereocenters. The predicted molar refractivity (Wildman–Crippen MR) is 69.4 cm³/mol. The molecule has 0 aliphatic carbocycles. The first-order valence-electron chi connectivity index (χ1n) is 6.45. The summed E-state index contributed by atoms with van der Waals surface area (Å²) in [4.78, 5) is 11.2. The first-order valence-corrected chi connectivity index (χ1v) is 6.45. The number of rotatable bonds is 3. The van der Waals surface area contributed by atoms with Crippen molar-refractivity contribution in [3.8, 4) is 0 Å². The molecule has 1 aliphatic heterocycles. The lowest BCUT2D eigenvalue weighted by Gasteiger charge is -2.26. The number of aromatic nitrogens is 4. The topological polar surface area (TPSA) is 46.8 Å². The van der Waals surface area contributed by atoms with Crippen LogP contribution in [0.3, 0.4) is 0 Å². The van der Waals surface area contributed by atoms with E-state index >= 15 is 0 Å². The van der Waals surface area contributed by atoms with Gasteiger partial charge in [0.15, 0.2) is 0 Å². The van der Waals surface area contributed by atoms with Crippen molar-refractivity contribution in [2.45, 2.75) is 25.8 Å². The molecule has 0 bridgehead atoms. The molecule has 0 spiro atoms. The quantitative estimate of drug-likeness (QED) is 0.823. The van der Waals surface area contributed by atoms with Crippen molar-refractivity contribution in [3.05, 3.63) is 36.4 Å². The van der Waals surface area contributed by atoms with Crippen LogP contribution in [0.2, 0.25) is 0 Å². The van der Waals surface area contributed by atoms with Gasteiger partial charge in [0.25, 0.3) is 0 Å². The van der Waals surface area contributed by atoms with Crippen molar-refractivity contribution in [1.82, 2.24) is 19.7 Å². The molecule has 2 aromatic rings. The van der Waals surface area contributed by atoms with Crippen molar-refractivity contribution in [2.24, 2.45) is 0 Å². The van der Waals surface area contributed by atoms with E-state index in [0.29, 0.717) is 0 Å². The second-order valence-corrected chi connectivity index (χ2v) is 4.64. The molecule has 2 aromatic heterocycles. The molecule has 3 rings (SSSR count). The molecule has 5 nitrogen and oxygen atoms in total. The Kier molecular flexibility index (Phi) is 3.21. The molecule has 3 heterocycles. The zero-order chi connectivity index (χ0) is 12.2. The summed E-state index contributed by atoms with van der Waals surface area (Å²) >= 11 is 0. The Hall–Kier alpha value is -1.91. The lowest BCUT2D eigenvalue weighted by molar-refractivity contribution is 0.567. The average molecular weight is 243 g/mol. The maximum atomic E-state index is 4.46. The summed E-state index contributed by atoms with van der Waals surface area (Å²) in [6.45, 7) is 2.89. The molecule has 18 heavy (non-hydrogen) atoms. The fourth-order valence-electron chi connectivity index (χ4n) is 2.27. The largest absolute Gasteiger partial charge is 0.341 e. The van der Waals surface area contributed by atoms with Crippen molar-refractivity contribution in [1.29, 1.82) is 0 Å². The van der Waals surface area contributed by atoms with Crippen molar-refractivity contribution >= 4 is 5.95 Å². The minimum atomic E-state index is 0.729. The first-order chi connectivity index (χ1) is 8.92. The molecule has 1 fully saturated rings. The van der Waals surface area contributed by atoms with Gasteiger partial charge in [-0.3, -0.25) is 4.68 Å². The highest BCUT2D eigenvalue weighted by Crippen LogP contribution is 2.15. The van der Waals surface area contributed by atoms with Gasteiger partial charge in [0.1, 0.15) is 0 Å². The fourth-order valence-corrected chi connectivity index (χ4v) is 2.27. The second-order valence-electron chi connectivity index (χ2n) is 4.64. The molecule has 0 amide bonds. The number of nitrogens with zero attached hydrogens (tertiary/aromatic N) is 5. The normalized spacial score (nSPS) is 15.9. The highest BCUT2D eigenvalue weighted by Gasteiger charge is 2.12. The molecule has 94 valence electrons. The minimum absolute atomic E-state index is 0.729. The van der Waals surface area contributed by atoms with Gasteiger partial charge in [-0.15, -0.1) is 0 Å². The third kappa shape index (κ3) is 2.50. The smallest absolute Gasteiger partial charge is 0.225 e. The Morgan fingerprint density at radius 3 is 2.50 bits per heavy atom. The number of piperidine rings is 1. The summed E-state index contributed by atoms with van der Waals surface area (Å²) in [5.74, 6) is 0.860. The molecular weight excluding hydrogens is 226 g/mol. The summed E-state index contributed by atoms with van der Waals surface area (Å²) in [6.07, 6.45) is 11.4. The molecule has 1 aliphatic rings. The first kappa shape index (κ1) is 11.2. The Bertz CT molecular complexity index is 471. The fraction of sp³-hybridized carbons (Fsp3) is 0.462. The van der Waals surface area contributed by atoms with Crippen molar-refractivity contribution < 1.29 is 0 Å². The van der Waals surface area contributed by atoms with Gasteiger partial charge >= 0.3 is 0 Å². The van der Waals surface area contributed by atoms with Crippen LogP contribution in [0.25, 0.3) is 0 Å². The average Bonchev–Trinajstić information content (AvgIpc) is 2.94. The van der Waals surface area contributed by atoms with E-state index in [2.05, 4.69) is 20.0 Å². The highest BCUT2D eigenvalue weighted by molar-refractivity contribution is 5.30. The van der Waals surface area contributed by atoms with Crippen LogP contribution in [0, 0.1) is 0 Å². The molecule has 0 saturated carbocycles. The number of hydrogen-bond donors (Lipinski definition) is 0. The lowest BCUT2D eigenvalue weighted by Crippen LogP contribution is -2.30. The molecule has 1 saturated heterocycles. The van der Waals surface area contributed by atoms with E-state index in [1.54, 1.807) is 6.20 Å². The van der Waals surface area contributed by atoms with Gasteiger partial charge in [-0.25, -0.2) is 9.97 Å². The van der Waals surface area contributed by atoms with Gasteiger partial charge in [0.05, 0.1) is 6.54 Å². The lowest BCUT2D eigenvalue weighted by atomic mass is 10.1. The van der Waals surface area contributed by atoms with E-state index < -0.39 is 0 Å². The predicted octanol–water partition coefficient (Wildman–Crippen LogP) is 1.71. The van der Waals surface area contributed by atoms with Crippen LogP contribution >= 0.6 is 0 Å². The van der Waals surface area contributed by atoms with E-state index in [9.17, 15) is 0 Å². The summed E-state index contributed by atoms with van der Waals surface area (Å²) in [5, 5.41) is 4.17. The molecular formula is C13H17N5. The summed E-state index contributed by atoms with van der Waals surface area (Å²) in [6, 6.07) is 1.92. The van der Waals surface area contributed by atoms with E-state index in [1.165, 1.54) is 19.3 Å². The standard InChI is InChI=1S/C13H17N5/c1-2-6-17(7-3-1)13-14-9-12(10-15-13)11-18-8-4-5-16-18/h4-5,8-10H,1-3,6-7,11H2. The van der Waals surface area contributed by atoms with Gasteiger partial charge in [0.2, 0.25) is 5.95 Å². The van der Waals surface area contributed by atoms with Crippen LogP contribution in [-0.4, -0.2) is 32.8 Å². The molecule has 0 radical (unpaired) electrons. The summed E-state index contributed by atoms with van der Waals surface area (Å²) in [5.41, 5.74) is 1.08.